The number of benzene rings is 2. The van der Waals surface area contributed by atoms with Gasteiger partial charge in [0.05, 0.1) is 30.6 Å². The smallest absolute Gasteiger partial charge is 0.226 e. The molecule has 4 aromatic rings. The van der Waals surface area contributed by atoms with Gasteiger partial charge in [-0.15, -0.1) is 0 Å². The summed E-state index contributed by atoms with van der Waals surface area (Å²) >= 11 is 12.2. The molecule has 2 aromatic heterocycles. The van der Waals surface area contributed by atoms with Crippen LogP contribution in [-0.4, -0.2) is 39.1 Å². The predicted molar refractivity (Wildman–Crippen MR) is 163 cm³/mol. The molecule has 9 heteroatoms. The van der Waals surface area contributed by atoms with Crippen LogP contribution in [0.5, 0.6) is 5.75 Å². The van der Waals surface area contributed by atoms with Gasteiger partial charge in [0.2, 0.25) is 5.91 Å². The molecular weight excluding hydrogens is 542 g/mol. The zero-order valence-corrected chi connectivity index (χ0v) is 24.5. The first-order chi connectivity index (χ1) is 19.3. The monoisotopic (exact) mass is 573 g/mol. The van der Waals surface area contributed by atoms with Gasteiger partial charge in [0.15, 0.2) is 5.11 Å². The number of hydrogen-bond acceptors (Lipinski definition) is 4. The standard InChI is InChI=1S/C31H32ClN5O2S/c1-19-8-11-23(12-9-19)34-28(38)14-16-36-30(29(35-31(36)40)25-7-5-6-15-33-25)24-17-20(2)37(21(24)3)26-18-22(32)10-13-27(26)39-4/h5-13,15,17-18,29-30H,14,16H2,1-4H3,(H,34,38)(H,35,40)/t29-,30-/m1/s1. The molecule has 1 aliphatic rings. The minimum atomic E-state index is -0.191. The summed E-state index contributed by atoms with van der Waals surface area (Å²) in [6, 6.07) is 21.1. The first-order valence-electron chi connectivity index (χ1n) is 13.1. The van der Waals surface area contributed by atoms with Crippen LogP contribution in [0.2, 0.25) is 5.02 Å². The minimum absolute atomic E-state index is 0.0687. The summed E-state index contributed by atoms with van der Waals surface area (Å²) in [4.78, 5) is 19.7. The van der Waals surface area contributed by atoms with E-state index in [1.807, 2.05) is 67.6 Å². The summed E-state index contributed by atoms with van der Waals surface area (Å²) < 4.78 is 7.82. The summed E-state index contributed by atoms with van der Waals surface area (Å²) in [6.45, 7) is 6.61. The van der Waals surface area contributed by atoms with Crippen LogP contribution in [0, 0.1) is 20.8 Å². The molecule has 2 aromatic carbocycles. The number of aromatic nitrogens is 2. The largest absolute Gasteiger partial charge is 0.495 e. The van der Waals surface area contributed by atoms with E-state index in [1.54, 1.807) is 13.3 Å². The Kier molecular flexibility index (Phi) is 8.09. The van der Waals surface area contributed by atoms with Crippen LogP contribution in [0.4, 0.5) is 5.69 Å². The van der Waals surface area contributed by atoms with Crippen LogP contribution in [-0.2, 0) is 4.79 Å². The number of nitrogens with zero attached hydrogens (tertiary/aromatic N) is 3. The number of methoxy groups -OCH3 is 1. The second kappa shape index (κ2) is 11.7. The number of ether oxygens (including phenoxy) is 1. The number of aryl methyl sites for hydroxylation is 2. The van der Waals surface area contributed by atoms with Crippen LogP contribution < -0.4 is 15.4 Å². The highest BCUT2D eigenvalue weighted by Crippen LogP contribution is 2.42. The quantitative estimate of drug-likeness (QED) is 0.236. The van der Waals surface area contributed by atoms with Gasteiger partial charge < -0.3 is 24.8 Å². The molecule has 0 saturated carbocycles. The molecule has 0 spiro atoms. The van der Waals surface area contributed by atoms with E-state index in [4.69, 9.17) is 28.6 Å². The number of hydrogen-bond donors (Lipinski definition) is 2. The van der Waals surface area contributed by atoms with E-state index in [0.29, 0.717) is 16.7 Å². The Balaban J connectivity index is 1.49. The van der Waals surface area contributed by atoms with E-state index in [-0.39, 0.29) is 24.4 Å². The highest BCUT2D eigenvalue weighted by atomic mass is 35.5. The SMILES string of the molecule is COc1ccc(Cl)cc1-n1c(C)cc([C@@H]2[C@@H](c3ccccn3)NC(=S)N2CCC(=O)Nc2ccc(C)cc2)c1C. The Morgan fingerprint density at radius 3 is 2.58 bits per heavy atom. The van der Waals surface area contributed by atoms with E-state index in [0.717, 1.165) is 45.3 Å². The van der Waals surface area contributed by atoms with Crippen molar-refractivity contribution >= 4 is 40.5 Å². The van der Waals surface area contributed by atoms with Crippen molar-refractivity contribution in [3.63, 3.8) is 0 Å². The van der Waals surface area contributed by atoms with Crippen LogP contribution >= 0.6 is 23.8 Å². The van der Waals surface area contributed by atoms with E-state index in [1.165, 1.54) is 0 Å². The van der Waals surface area contributed by atoms with E-state index < -0.39 is 0 Å². The van der Waals surface area contributed by atoms with Crippen molar-refractivity contribution in [2.75, 3.05) is 19.0 Å². The number of pyridine rings is 1. The lowest BCUT2D eigenvalue weighted by Gasteiger charge is -2.28. The lowest BCUT2D eigenvalue weighted by Crippen LogP contribution is -2.32. The zero-order valence-electron chi connectivity index (χ0n) is 22.9. The lowest BCUT2D eigenvalue weighted by atomic mass is 9.96. The molecule has 0 radical (unpaired) electrons. The number of halogens is 1. The summed E-state index contributed by atoms with van der Waals surface area (Å²) in [5.41, 5.74) is 6.81. The van der Waals surface area contributed by atoms with Gasteiger partial charge in [0.25, 0.3) is 0 Å². The van der Waals surface area contributed by atoms with Gasteiger partial charge in [-0.25, -0.2) is 0 Å². The molecule has 2 atom stereocenters. The number of thiocarbonyl (C=S) groups is 1. The van der Waals surface area contributed by atoms with Gasteiger partial charge in [-0.05, 0) is 87.1 Å². The second-order valence-electron chi connectivity index (χ2n) is 9.96. The molecule has 2 N–H and O–H groups in total. The average molecular weight is 574 g/mol. The number of nitrogens with one attached hydrogen (secondary N) is 2. The van der Waals surface area contributed by atoms with Gasteiger partial charge in [-0.3, -0.25) is 9.78 Å². The van der Waals surface area contributed by atoms with Crippen LogP contribution in [0.1, 0.15) is 46.7 Å². The van der Waals surface area contributed by atoms with Crippen molar-refractivity contribution in [3.05, 3.63) is 106 Å². The topological polar surface area (TPSA) is 71.4 Å². The Labute approximate surface area is 245 Å². The average Bonchev–Trinajstić information content (AvgIpc) is 3.43. The van der Waals surface area contributed by atoms with E-state index in [9.17, 15) is 4.79 Å². The molecule has 0 bridgehead atoms. The molecule has 1 amide bonds. The maximum Gasteiger partial charge on any atom is 0.226 e. The molecule has 1 aliphatic heterocycles. The lowest BCUT2D eigenvalue weighted by molar-refractivity contribution is -0.116. The van der Waals surface area contributed by atoms with Crippen molar-refractivity contribution in [1.29, 1.82) is 0 Å². The fourth-order valence-electron chi connectivity index (χ4n) is 5.36. The molecule has 7 nitrogen and oxygen atoms in total. The third-order valence-electron chi connectivity index (χ3n) is 7.28. The highest BCUT2D eigenvalue weighted by molar-refractivity contribution is 7.80. The molecule has 3 heterocycles. The Morgan fingerprint density at radius 1 is 1.10 bits per heavy atom. The van der Waals surface area contributed by atoms with Crippen molar-refractivity contribution in [2.24, 2.45) is 0 Å². The van der Waals surface area contributed by atoms with Crippen molar-refractivity contribution in [2.45, 2.75) is 39.3 Å². The van der Waals surface area contributed by atoms with Crippen molar-refractivity contribution in [1.82, 2.24) is 19.8 Å². The number of rotatable bonds is 8. The second-order valence-corrected chi connectivity index (χ2v) is 10.8. The third-order valence-corrected chi connectivity index (χ3v) is 7.87. The molecule has 1 fully saturated rings. The first-order valence-corrected chi connectivity index (χ1v) is 13.9. The van der Waals surface area contributed by atoms with Crippen LogP contribution in [0.15, 0.2) is 72.9 Å². The summed E-state index contributed by atoms with van der Waals surface area (Å²) in [5, 5.41) is 7.70. The number of anilines is 1. The molecular formula is C31H32ClN5O2S. The van der Waals surface area contributed by atoms with Crippen molar-refractivity contribution in [3.8, 4) is 11.4 Å². The molecule has 5 rings (SSSR count). The number of amides is 1. The summed E-state index contributed by atoms with van der Waals surface area (Å²) in [7, 11) is 1.65. The minimum Gasteiger partial charge on any atom is -0.495 e. The molecule has 0 unspecified atom stereocenters. The molecule has 0 aliphatic carbocycles. The van der Waals surface area contributed by atoms with Crippen molar-refractivity contribution < 1.29 is 9.53 Å². The highest BCUT2D eigenvalue weighted by Gasteiger charge is 2.41. The summed E-state index contributed by atoms with van der Waals surface area (Å²) in [6.07, 6.45) is 2.07. The number of carbonyl (C=O) groups excluding carboxylic acids is 1. The van der Waals surface area contributed by atoms with E-state index in [2.05, 4.69) is 45.0 Å². The van der Waals surface area contributed by atoms with Gasteiger partial charge in [0.1, 0.15) is 5.75 Å². The molecule has 206 valence electrons. The third kappa shape index (κ3) is 5.55. The predicted octanol–water partition coefficient (Wildman–Crippen LogP) is 6.46. The number of carbonyl (C=O) groups is 1. The normalized spacial score (nSPS) is 16.6. The maximum atomic E-state index is 12.9. The fourth-order valence-corrected chi connectivity index (χ4v) is 5.86. The Hall–Kier alpha value is -3.88. The van der Waals surface area contributed by atoms with Crippen LogP contribution in [0.3, 0.4) is 0 Å². The van der Waals surface area contributed by atoms with Gasteiger partial charge >= 0.3 is 0 Å². The van der Waals surface area contributed by atoms with E-state index >= 15 is 0 Å². The maximum absolute atomic E-state index is 12.9. The summed E-state index contributed by atoms with van der Waals surface area (Å²) in [5.74, 6) is 0.657. The van der Waals surface area contributed by atoms with Gasteiger partial charge in [0, 0.05) is 41.3 Å². The molecule has 1 saturated heterocycles. The Bertz CT molecular complexity index is 1540. The Morgan fingerprint density at radius 2 is 1.88 bits per heavy atom. The fraction of sp³-hybridized carbons (Fsp3) is 0.258. The van der Waals surface area contributed by atoms with Gasteiger partial charge in [-0.2, -0.15) is 0 Å². The first kappa shape index (κ1) is 27.7. The van der Waals surface area contributed by atoms with Gasteiger partial charge in [-0.1, -0.05) is 35.4 Å². The van der Waals surface area contributed by atoms with Crippen LogP contribution in [0.25, 0.3) is 5.69 Å². The zero-order chi connectivity index (χ0) is 28.4. The molecule has 40 heavy (non-hydrogen) atoms.